The number of fused-ring (bicyclic) bond motifs is 1. The predicted octanol–water partition coefficient (Wildman–Crippen LogP) is 0.821. The number of ether oxygens (including phenoxy) is 2. The smallest absolute Gasteiger partial charge is 0.331 e. The third kappa shape index (κ3) is 2.61. The van der Waals surface area contributed by atoms with Crippen molar-refractivity contribution in [1.29, 1.82) is 0 Å². The summed E-state index contributed by atoms with van der Waals surface area (Å²) in [5.41, 5.74) is 0.825. The van der Waals surface area contributed by atoms with Crippen molar-refractivity contribution in [1.82, 2.24) is 4.90 Å². The predicted molar refractivity (Wildman–Crippen MR) is 81.5 cm³/mol. The number of rotatable bonds is 4. The number of urea groups is 1. The fourth-order valence-electron chi connectivity index (χ4n) is 2.56. The summed E-state index contributed by atoms with van der Waals surface area (Å²) in [7, 11) is 1.56. The molecule has 0 aromatic heterocycles. The molecular formula is C15H17N3O5. The van der Waals surface area contributed by atoms with Crippen molar-refractivity contribution in [3.05, 3.63) is 18.2 Å². The molecule has 8 heteroatoms. The molecular weight excluding hydrogens is 302 g/mol. The zero-order valence-electron chi connectivity index (χ0n) is 12.9. The van der Waals surface area contributed by atoms with E-state index in [2.05, 4.69) is 5.32 Å². The fourth-order valence-corrected chi connectivity index (χ4v) is 2.56. The van der Waals surface area contributed by atoms with Gasteiger partial charge < -0.3 is 19.7 Å². The molecule has 2 heterocycles. The van der Waals surface area contributed by atoms with E-state index in [-0.39, 0.29) is 25.0 Å². The Morgan fingerprint density at radius 3 is 2.87 bits per heavy atom. The van der Waals surface area contributed by atoms with Gasteiger partial charge in [-0.2, -0.15) is 0 Å². The van der Waals surface area contributed by atoms with Crippen LogP contribution >= 0.6 is 0 Å². The molecule has 0 bridgehead atoms. The third-order valence-electron chi connectivity index (χ3n) is 3.80. The van der Waals surface area contributed by atoms with Crippen LogP contribution in [0.15, 0.2) is 18.2 Å². The molecule has 23 heavy (non-hydrogen) atoms. The molecule has 1 aromatic carbocycles. The number of hydrogen-bond donors (Lipinski definition) is 1. The Hall–Kier alpha value is -2.61. The summed E-state index contributed by atoms with van der Waals surface area (Å²) in [6.45, 7) is 2.39. The van der Waals surface area contributed by atoms with Crippen LogP contribution in [0.5, 0.6) is 5.75 Å². The molecule has 1 N–H and O–H groups in total. The average molecular weight is 319 g/mol. The first-order valence-corrected chi connectivity index (χ1v) is 7.28. The zero-order valence-corrected chi connectivity index (χ0v) is 12.9. The van der Waals surface area contributed by atoms with Crippen LogP contribution in [0.1, 0.15) is 6.92 Å². The van der Waals surface area contributed by atoms with E-state index in [4.69, 9.17) is 9.47 Å². The van der Waals surface area contributed by atoms with E-state index in [1.807, 2.05) is 6.92 Å². The van der Waals surface area contributed by atoms with Crippen molar-refractivity contribution in [2.75, 3.05) is 37.1 Å². The third-order valence-corrected chi connectivity index (χ3v) is 3.80. The van der Waals surface area contributed by atoms with Gasteiger partial charge in [-0.1, -0.05) is 0 Å². The molecule has 1 fully saturated rings. The van der Waals surface area contributed by atoms with Crippen LogP contribution in [0.4, 0.5) is 16.2 Å². The number of nitrogens with one attached hydrogen (secondary N) is 1. The van der Waals surface area contributed by atoms with Gasteiger partial charge >= 0.3 is 6.03 Å². The van der Waals surface area contributed by atoms with Gasteiger partial charge in [0, 0.05) is 13.7 Å². The summed E-state index contributed by atoms with van der Waals surface area (Å²) in [6.07, 6.45) is 0. The molecule has 0 radical (unpaired) electrons. The highest BCUT2D eigenvalue weighted by atomic mass is 16.5. The molecule has 0 saturated carbocycles. The highest BCUT2D eigenvalue weighted by Crippen LogP contribution is 2.34. The van der Waals surface area contributed by atoms with Gasteiger partial charge in [-0.25, -0.2) is 9.69 Å². The summed E-state index contributed by atoms with van der Waals surface area (Å²) in [5.74, 6) is -0.124. The van der Waals surface area contributed by atoms with Crippen LogP contribution in [0.25, 0.3) is 0 Å². The summed E-state index contributed by atoms with van der Waals surface area (Å²) < 4.78 is 10.5. The molecule has 122 valence electrons. The van der Waals surface area contributed by atoms with Crippen molar-refractivity contribution in [3.8, 4) is 5.75 Å². The van der Waals surface area contributed by atoms with E-state index in [1.165, 1.54) is 4.90 Å². The van der Waals surface area contributed by atoms with Crippen LogP contribution in [-0.2, 0) is 14.3 Å². The SMILES string of the molecule is CCOCC1C(=O)N(c2ccc3c(c2)NC(=O)CO3)C(=O)N1C. The monoisotopic (exact) mass is 319 g/mol. The molecule has 0 spiro atoms. The zero-order chi connectivity index (χ0) is 16.6. The fraction of sp³-hybridized carbons (Fsp3) is 0.400. The Balaban J connectivity index is 1.89. The summed E-state index contributed by atoms with van der Waals surface area (Å²) >= 11 is 0. The topological polar surface area (TPSA) is 88.2 Å². The van der Waals surface area contributed by atoms with E-state index in [0.717, 1.165) is 4.90 Å². The molecule has 1 saturated heterocycles. The number of benzene rings is 1. The van der Waals surface area contributed by atoms with Gasteiger partial charge in [-0.3, -0.25) is 9.59 Å². The molecule has 3 rings (SSSR count). The first-order chi connectivity index (χ1) is 11.0. The van der Waals surface area contributed by atoms with Gasteiger partial charge in [-0.05, 0) is 25.1 Å². The van der Waals surface area contributed by atoms with Crippen molar-refractivity contribution < 1.29 is 23.9 Å². The summed E-state index contributed by atoms with van der Waals surface area (Å²) in [6, 6.07) is 3.72. The second-order valence-electron chi connectivity index (χ2n) is 5.26. The van der Waals surface area contributed by atoms with Crippen molar-refractivity contribution in [2.45, 2.75) is 13.0 Å². The maximum atomic E-state index is 12.5. The minimum atomic E-state index is -0.649. The average Bonchev–Trinajstić information content (AvgIpc) is 2.74. The van der Waals surface area contributed by atoms with Gasteiger partial charge in [0.15, 0.2) is 6.61 Å². The van der Waals surface area contributed by atoms with Crippen LogP contribution in [0, 0.1) is 0 Å². The number of carbonyl (C=O) groups is 3. The van der Waals surface area contributed by atoms with Crippen molar-refractivity contribution in [2.24, 2.45) is 0 Å². The second kappa shape index (κ2) is 5.88. The van der Waals surface area contributed by atoms with E-state index >= 15 is 0 Å². The van der Waals surface area contributed by atoms with Gasteiger partial charge in [0.1, 0.15) is 11.8 Å². The lowest BCUT2D eigenvalue weighted by atomic mass is 10.2. The minimum absolute atomic E-state index is 0.0485. The number of likely N-dealkylation sites (N-methyl/N-ethyl adjacent to an activating group) is 1. The first kappa shape index (κ1) is 15.3. The lowest BCUT2D eigenvalue weighted by molar-refractivity contribution is -0.121. The maximum absolute atomic E-state index is 12.5. The van der Waals surface area contributed by atoms with Crippen LogP contribution in [-0.4, -0.2) is 55.7 Å². The second-order valence-corrected chi connectivity index (χ2v) is 5.26. The lowest BCUT2D eigenvalue weighted by Crippen LogP contribution is -2.35. The summed E-state index contributed by atoms with van der Waals surface area (Å²) in [4.78, 5) is 38.8. The normalized spacial score (nSPS) is 20.4. The molecule has 4 amide bonds. The molecule has 2 aliphatic heterocycles. The molecule has 0 aliphatic carbocycles. The number of hydrogen-bond acceptors (Lipinski definition) is 5. The maximum Gasteiger partial charge on any atom is 0.331 e. The lowest BCUT2D eigenvalue weighted by Gasteiger charge is -2.20. The van der Waals surface area contributed by atoms with Gasteiger partial charge in [0.05, 0.1) is 18.0 Å². The Morgan fingerprint density at radius 1 is 1.35 bits per heavy atom. The Bertz CT molecular complexity index is 675. The van der Waals surface area contributed by atoms with E-state index in [9.17, 15) is 14.4 Å². The van der Waals surface area contributed by atoms with Crippen LogP contribution < -0.4 is 15.0 Å². The largest absolute Gasteiger partial charge is 0.482 e. The van der Waals surface area contributed by atoms with Gasteiger partial charge in [0.2, 0.25) is 0 Å². The Kier molecular flexibility index (Phi) is 3.91. The number of amides is 4. The number of imide groups is 1. The van der Waals surface area contributed by atoms with Crippen LogP contribution in [0.3, 0.4) is 0 Å². The molecule has 1 aromatic rings. The standard InChI is InChI=1S/C15H17N3O5/c1-3-22-7-11-14(20)18(15(21)17(11)2)9-4-5-12-10(6-9)16-13(19)8-23-12/h4-6,11H,3,7-8H2,1-2H3,(H,16,19). The Morgan fingerprint density at radius 2 is 2.13 bits per heavy atom. The molecule has 1 unspecified atom stereocenters. The molecule has 1 atom stereocenters. The van der Waals surface area contributed by atoms with Gasteiger partial charge in [-0.15, -0.1) is 0 Å². The Labute approximate surface area is 132 Å². The highest BCUT2D eigenvalue weighted by Gasteiger charge is 2.44. The first-order valence-electron chi connectivity index (χ1n) is 7.28. The van der Waals surface area contributed by atoms with E-state index < -0.39 is 12.1 Å². The molecule has 8 nitrogen and oxygen atoms in total. The summed E-state index contributed by atoms with van der Waals surface area (Å²) in [5, 5.41) is 2.66. The quantitative estimate of drug-likeness (QED) is 0.830. The van der Waals surface area contributed by atoms with E-state index in [1.54, 1.807) is 25.2 Å². The van der Waals surface area contributed by atoms with Crippen molar-refractivity contribution >= 4 is 29.2 Å². The minimum Gasteiger partial charge on any atom is -0.482 e. The number of nitrogens with zero attached hydrogens (tertiary/aromatic N) is 2. The van der Waals surface area contributed by atoms with Gasteiger partial charge in [0.25, 0.3) is 11.8 Å². The van der Waals surface area contributed by atoms with Crippen LogP contribution in [0.2, 0.25) is 0 Å². The highest BCUT2D eigenvalue weighted by molar-refractivity contribution is 6.21. The number of anilines is 2. The number of carbonyl (C=O) groups excluding carboxylic acids is 3. The van der Waals surface area contributed by atoms with Crippen molar-refractivity contribution in [3.63, 3.8) is 0 Å². The van der Waals surface area contributed by atoms with E-state index in [0.29, 0.717) is 23.7 Å². The molecule has 2 aliphatic rings.